The van der Waals surface area contributed by atoms with Crippen molar-refractivity contribution in [1.82, 2.24) is 9.13 Å². The Labute approximate surface area is 360 Å². The van der Waals surface area contributed by atoms with Gasteiger partial charge in [-0.25, -0.2) is 0 Å². The maximum Gasteiger partial charge on any atom is 0.0960 e. The van der Waals surface area contributed by atoms with Crippen LogP contribution in [0.15, 0.2) is 169 Å². The van der Waals surface area contributed by atoms with E-state index in [9.17, 15) is 0 Å². The average Bonchev–Trinajstić information content (AvgIpc) is 4.08. The number of benzene rings is 8. The largest absolute Gasteiger partial charge is 0.333 e. The Kier molecular flexibility index (Phi) is 8.36. The summed E-state index contributed by atoms with van der Waals surface area (Å²) in [6.07, 6.45) is 6.88. The van der Waals surface area contributed by atoms with E-state index in [1.54, 1.807) is 0 Å². The van der Waals surface area contributed by atoms with Crippen molar-refractivity contribution in [2.75, 3.05) is 7.05 Å². The van der Waals surface area contributed by atoms with Crippen LogP contribution in [0.1, 0.15) is 33.3 Å². The van der Waals surface area contributed by atoms with Crippen LogP contribution in [0.25, 0.3) is 97.1 Å². The van der Waals surface area contributed by atoms with Crippen molar-refractivity contribution in [2.24, 2.45) is 10.7 Å². The maximum atomic E-state index is 4.90. The third-order valence-corrected chi connectivity index (χ3v) is 15.2. The third kappa shape index (κ3) is 5.17. The number of para-hydroxylation sites is 2. The summed E-state index contributed by atoms with van der Waals surface area (Å²) in [6, 6.07) is 58.1. The van der Waals surface area contributed by atoms with Gasteiger partial charge in [0.25, 0.3) is 0 Å². The molecule has 4 heterocycles. The van der Waals surface area contributed by atoms with Gasteiger partial charge in [0.1, 0.15) is 0 Å². The zero-order valence-corrected chi connectivity index (χ0v) is 35.2. The molecule has 0 radical (unpaired) electrons. The lowest BCUT2D eigenvalue weighted by atomic mass is 9.95. The van der Waals surface area contributed by atoms with Gasteiger partial charge in [0.2, 0.25) is 0 Å². The maximum absolute atomic E-state index is 4.90. The fourth-order valence-corrected chi connectivity index (χ4v) is 12.9. The van der Waals surface area contributed by atoms with Crippen molar-refractivity contribution >= 4 is 126 Å². The number of nitrogens with two attached hydrogens (primary N) is 1. The minimum atomic E-state index is -0.232. The first-order valence-electron chi connectivity index (χ1n) is 20.9. The SMILES string of the molecule is C=Nc1c(C(c2ccc3c4ccccc4n(-c4ccccc4)c3c2)n2c3c4ccccc4ccc3c3c4ccccc4c4c5c(sc4c32)CCC=C5)sc2ccccc12.CN. The number of rotatable bonds is 5. The summed E-state index contributed by atoms with van der Waals surface area (Å²) in [4.78, 5) is 7.57. The lowest BCUT2D eigenvalue weighted by Crippen LogP contribution is -2.12. The molecule has 1 unspecified atom stereocenters. The van der Waals surface area contributed by atoms with Crippen molar-refractivity contribution in [3.8, 4) is 5.69 Å². The first kappa shape index (κ1) is 36.1. The van der Waals surface area contributed by atoms with Crippen molar-refractivity contribution in [1.29, 1.82) is 0 Å². The third-order valence-electron chi connectivity index (χ3n) is 12.7. The number of nitrogens with zero attached hydrogens (tertiary/aromatic N) is 3. The van der Waals surface area contributed by atoms with Crippen LogP contribution in [0.3, 0.4) is 0 Å². The molecule has 1 aliphatic carbocycles. The number of aryl methyl sites for hydroxylation is 1. The standard InChI is InChI=1S/C54H35N3S2.CH5N/c1-55-49-41-23-11-14-26-46(41)59-54(49)50(33-28-29-37-36-19-9-12-24-43(36)56(44(37)31-33)34-16-3-2-4-17-34)57-51-35-18-6-5-15-32(35)27-30-42(51)47-38-20-7-8-21-39(38)48-40-22-10-13-25-45(40)58-53(48)52(47)57;1-2/h2-12,14-24,26-31,50H,1,13,25H2;2H2,1H3. The molecule has 1 aliphatic rings. The molecule has 13 rings (SSSR count). The van der Waals surface area contributed by atoms with Gasteiger partial charge >= 0.3 is 0 Å². The van der Waals surface area contributed by atoms with Crippen LogP contribution in [0.5, 0.6) is 0 Å². The van der Waals surface area contributed by atoms with E-state index in [-0.39, 0.29) is 6.04 Å². The summed E-state index contributed by atoms with van der Waals surface area (Å²) in [7, 11) is 1.50. The molecule has 2 N–H and O–H groups in total. The van der Waals surface area contributed by atoms with Gasteiger partial charge in [0.15, 0.2) is 0 Å². The monoisotopic (exact) mass is 820 g/mol. The van der Waals surface area contributed by atoms with Crippen LogP contribution >= 0.6 is 22.7 Å². The molecule has 0 saturated carbocycles. The molecule has 0 fully saturated rings. The summed E-state index contributed by atoms with van der Waals surface area (Å²) in [5.74, 6) is 0. The van der Waals surface area contributed by atoms with Crippen LogP contribution < -0.4 is 5.73 Å². The molecule has 0 spiro atoms. The second kappa shape index (κ2) is 14.1. The molecule has 4 nitrogen and oxygen atoms in total. The number of aromatic nitrogens is 2. The zero-order valence-electron chi connectivity index (χ0n) is 33.6. The molecule has 6 heteroatoms. The summed E-state index contributed by atoms with van der Waals surface area (Å²) in [6.45, 7) is 4.25. The van der Waals surface area contributed by atoms with Gasteiger partial charge in [0, 0.05) is 53.0 Å². The normalized spacial score (nSPS) is 13.2. The van der Waals surface area contributed by atoms with Gasteiger partial charge in [-0.15, -0.1) is 22.7 Å². The summed E-state index contributed by atoms with van der Waals surface area (Å²) >= 11 is 3.85. The molecular weight excluding hydrogens is 781 g/mol. The van der Waals surface area contributed by atoms with E-state index >= 15 is 0 Å². The number of hydrogen-bond donors (Lipinski definition) is 1. The highest BCUT2D eigenvalue weighted by Crippen LogP contribution is 2.53. The predicted molar refractivity (Wildman–Crippen MR) is 266 cm³/mol. The fraction of sp³-hybridized carbons (Fsp3) is 0.0727. The zero-order chi connectivity index (χ0) is 40.8. The Hall–Kier alpha value is -6.83. The highest BCUT2D eigenvalue weighted by atomic mass is 32.1. The lowest BCUT2D eigenvalue weighted by Gasteiger charge is -2.24. The number of hydrogen-bond acceptors (Lipinski definition) is 4. The summed E-state index contributed by atoms with van der Waals surface area (Å²) in [5, 5.41) is 12.7. The van der Waals surface area contributed by atoms with E-state index in [1.165, 1.54) is 108 Å². The molecule has 0 aliphatic heterocycles. The molecule has 12 aromatic rings. The Morgan fingerprint density at radius 2 is 1.28 bits per heavy atom. The summed E-state index contributed by atoms with van der Waals surface area (Å²) in [5.41, 5.74) is 14.1. The number of fused-ring (bicyclic) bond motifs is 16. The van der Waals surface area contributed by atoms with Crippen molar-refractivity contribution in [3.63, 3.8) is 0 Å². The Balaban J connectivity index is 0.00000197. The van der Waals surface area contributed by atoms with Crippen molar-refractivity contribution in [2.45, 2.75) is 18.9 Å². The molecule has 61 heavy (non-hydrogen) atoms. The van der Waals surface area contributed by atoms with E-state index in [1.807, 2.05) is 22.7 Å². The van der Waals surface area contributed by atoms with Gasteiger partial charge in [-0.2, -0.15) is 0 Å². The number of thiophene rings is 2. The highest BCUT2D eigenvalue weighted by molar-refractivity contribution is 7.21. The molecular formula is C55H40N4S2. The van der Waals surface area contributed by atoms with Gasteiger partial charge < -0.3 is 14.9 Å². The van der Waals surface area contributed by atoms with Gasteiger partial charge in [-0.3, -0.25) is 4.99 Å². The second-order valence-corrected chi connectivity index (χ2v) is 17.9. The van der Waals surface area contributed by atoms with Crippen LogP contribution in [0, 0.1) is 0 Å². The highest BCUT2D eigenvalue weighted by Gasteiger charge is 2.32. The number of aliphatic imine (C=N–C) groups is 1. The quantitative estimate of drug-likeness (QED) is 0.173. The fourth-order valence-electron chi connectivity index (χ4n) is 10.3. The van der Waals surface area contributed by atoms with E-state index in [0.29, 0.717) is 0 Å². The van der Waals surface area contributed by atoms with Gasteiger partial charge in [-0.05, 0) is 84.2 Å². The lowest BCUT2D eigenvalue weighted by molar-refractivity contribution is 0.747. The molecule has 1 atom stereocenters. The Morgan fingerprint density at radius 1 is 0.607 bits per heavy atom. The van der Waals surface area contributed by atoms with E-state index in [2.05, 4.69) is 191 Å². The predicted octanol–water partition coefficient (Wildman–Crippen LogP) is 15.1. The molecule has 4 aromatic heterocycles. The molecule has 0 saturated heterocycles. The van der Waals surface area contributed by atoms with Crippen LogP contribution in [0.4, 0.5) is 5.69 Å². The van der Waals surface area contributed by atoms with Crippen molar-refractivity contribution in [3.05, 3.63) is 185 Å². The first-order chi connectivity index (χ1) is 30.3. The summed E-state index contributed by atoms with van der Waals surface area (Å²) < 4.78 is 7.74. The van der Waals surface area contributed by atoms with E-state index in [4.69, 9.17) is 4.99 Å². The minimum absolute atomic E-state index is 0.232. The van der Waals surface area contributed by atoms with E-state index in [0.717, 1.165) is 29.6 Å². The van der Waals surface area contributed by atoms with Gasteiger partial charge in [-0.1, -0.05) is 140 Å². The smallest absolute Gasteiger partial charge is 0.0960 e. The number of allylic oxidation sites excluding steroid dienone is 1. The average molecular weight is 821 g/mol. The molecule has 8 aromatic carbocycles. The Morgan fingerprint density at radius 3 is 2.10 bits per heavy atom. The Bertz CT molecular complexity index is 3760. The van der Waals surface area contributed by atoms with Crippen LogP contribution in [-0.4, -0.2) is 22.9 Å². The van der Waals surface area contributed by atoms with Gasteiger partial charge in [0.05, 0.1) is 43.4 Å². The van der Waals surface area contributed by atoms with Crippen LogP contribution in [-0.2, 0) is 6.42 Å². The molecule has 292 valence electrons. The topological polar surface area (TPSA) is 48.2 Å². The van der Waals surface area contributed by atoms with Crippen molar-refractivity contribution < 1.29 is 0 Å². The van der Waals surface area contributed by atoms with E-state index < -0.39 is 0 Å². The minimum Gasteiger partial charge on any atom is -0.333 e. The molecule has 0 bridgehead atoms. The second-order valence-electron chi connectivity index (χ2n) is 15.7. The molecule has 0 amide bonds. The first-order valence-corrected chi connectivity index (χ1v) is 22.5. The van der Waals surface area contributed by atoms with Crippen LogP contribution in [0.2, 0.25) is 0 Å².